The summed E-state index contributed by atoms with van der Waals surface area (Å²) in [5.41, 5.74) is 0. The average molecular weight is 283 g/mol. The summed E-state index contributed by atoms with van der Waals surface area (Å²) >= 11 is 4.49. The third-order valence-electron chi connectivity index (χ3n) is 3.45. The van der Waals surface area contributed by atoms with Crippen molar-refractivity contribution in [2.24, 2.45) is 0 Å². The Morgan fingerprint density at radius 1 is 1.28 bits per heavy atom. The van der Waals surface area contributed by atoms with Crippen molar-refractivity contribution in [2.45, 2.75) is 43.2 Å². The van der Waals surface area contributed by atoms with Crippen molar-refractivity contribution in [3.05, 3.63) is 24.3 Å². The molecule has 2 aliphatic rings. The van der Waals surface area contributed by atoms with Crippen LogP contribution in [0.5, 0.6) is 0 Å². The van der Waals surface area contributed by atoms with E-state index >= 15 is 0 Å². The molecule has 0 unspecified atom stereocenters. The van der Waals surface area contributed by atoms with E-state index < -0.39 is 16.0 Å². The largest absolute Gasteiger partial charge is 0.614 e. The minimum Gasteiger partial charge on any atom is -0.614 e. The first kappa shape index (κ1) is 14.3. The molecular formula is C14H21NOS2. The van der Waals surface area contributed by atoms with E-state index in [9.17, 15) is 4.55 Å². The molecule has 0 bridgehead atoms. The van der Waals surface area contributed by atoms with E-state index in [0.717, 1.165) is 18.0 Å². The number of nitrogens with zero attached hydrogens (tertiary/aromatic N) is 1. The molecule has 2 atom stereocenters. The molecule has 0 N–H and O–H groups in total. The quantitative estimate of drug-likeness (QED) is 0.576. The van der Waals surface area contributed by atoms with Gasteiger partial charge >= 0.3 is 0 Å². The van der Waals surface area contributed by atoms with E-state index in [1.54, 1.807) is 0 Å². The van der Waals surface area contributed by atoms with Gasteiger partial charge in [0.15, 0.2) is 0 Å². The van der Waals surface area contributed by atoms with Crippen LogP contribution in [-0.4, -0.2) is 37.0 Å². The summed E-state index contributed by atoms with van der Waals surface area (Å²) in [7, 11) is 0. The molecule has 18 heavy (non-hydrogen) atoms. The Morgan fingerprint density at radius 2 is 1.89 bits per heavy atom. The van der Waals surface area contributed by atoms with Crippen LogP contribution in [-0.2, 0) is 11.2 Å². The number of rotatable bonds is 2. The van der Waals surface area contributed by atoms with Gasteiger partial charge in [-0.3, -0.25) is 0 Å². The summed E-state index contributed by atoms with van der Waals surface area (Å²) in [5.74, 6) is 0. The molecule has 1 saturated heterocycles. The third kappa shape index (κ3) is 2.31. The second-order valence-corrected chi connectivity index (χ2v) is 8.68. The minimum atomic E-state index is -1.06. The molecule has 1 aliphatic carbocycles. The zero-order valence-corrected chi connectivity index (χ0v) is 12.9. The topological polar surface area (TPSA) is 26.3 Å². The van der Waals surface area contributed by atoms with Gasteiger partial charge < -0.3 is 4.55 Å². The molecule has 0 spiro atoms. The lowest BCUT2D eigenvalue weighted by Gasteiger charge is -2.45. The molecule has 2 rings (SSSR count). The van der Waals surface area contributed by atoms with Crippen LogP contribution in [0.25, 0.3) is 0 Å². The highest BCUT2D eigenvalue weighted by Gasteiger charge is 2.54. The highest BCUT2D eigenvalue weighted by Crippen LogP contribution is 2.38. The Morgan fingerprint density at radius 3 is 2.39 bits per heavy atom. The Hall–Kier alpha value is -0.160. The standard InChI is InChI=1S/C14H21NOS2/c1-13(2,3)18(16)14(15-10-6-7-11-15)9-5-4-8-12(14)17/h4-5,8-9H,6-7,10-11H2,1-3H3/t14-,18+/m1/s1. The molecule has 4 heteroatoms. The van der Waals surface area contributed by atoms with Crippen molar-refractivity contribution >= 4 is 28.3 Å². The molecule has 0 amide bonds. The molecule has 1 heterocycles. The molecule has 0 saturated carbocycles. The molecule has 0 radical (unpaired) electrons. The summed E-state index contributed by atoms with van der Waals surface area (Å²) in [4.78, 5) is 2.52. The monoisotopic (exact) mass is 283 g/mol. The summed E-state index contributed by atoms with van der Waals surface area (Å²) in [6.07, 6.45) is 10.2. The van der Waals surface area contributed by atoms with E-state index in [1.165, 1.54) is 12.8 Å². The van der Waals surface area contributed by atoms with Gasteiger partial charge in [-0.05, 0) is 56.9 Å². The second kappa shape index (κ2) is 5.08. The average Bonchev–Trinajstić information content (AvgIpc) is 2.82. The molecular weight excluding hydrogens is 262 g/mol. The minimum absolute atomic E-state index is 0.276. The number of allylic oxidation sites excluding steroid dienone is 2. The van der Waals surface area contributed by atoms with Crippen molar-refractivity contribution in [3.8, 4) is 0 Å². The molecule has 0 aromatic carbocycles. The lowest BCUT2D eigenvalue weighted by Crippen LogP contribution is -2.61. The van der Waals surface area contributed by atoms with Gasteiger partial charge in [0.05, 0.1) is 4.86 Å². The number of hydrogen-bond donors (Lipinski definition) is 0. The molecule has 0 aromatic rings. The van der Waals surface area contributed by atoms with Crippen molar-refractivity contribution in [1.29, 1.82) is 0 Å². The van der Waals surface area contributed by atoms with Crippen LogP contribution in [0.4, 0.5) is 0 Å². The van der Waals surface area contributed by atoms with E-state index in [2.05, 4.69) is 4.90 Å². The lowest BCUT2D eigenvalue weighted by molar-refractivity contribution is 0.295. The first-order chi connectivity index (χ1) is 8.39. The van der Waals surface area contributed by atoms with Crippen LogP contribution in [0.3, 0.4) is 0 Å². The first-order valence-corrected chi connectivity index (χ1v) is 8.02. The third-order valence-corrected chi connectivity index (χ3v) is 6.32. The van der Waals surface area contributed by atoms with Gasteiger partial charge in [0, 0.05) is 13.1 Å². The molecule has 0 aromatic heterocycles. The zero-order chi connectivity index (χ0) is 13.4. The number of likely N-dealkylation sites (tertiary alicyclic amines) is 1. The van der Waals surface area contributed by atoms with Gasteiger partial charge in [0.25, 0.3) is 0 Å². The Labute approximate surface area is 118 Å². The van der Waals surface area contributed by atoms with Gasteiger partial charge in [0.2, 0.25) is 4.87 Å². The van der Waals surface area contributed by atoms with E-state index in [0.29, 0.717) is 0 Å². The summed E-state index contributed by atoms with van der Waals surface area (Å²) in [5, 5.41) is 0. The van der Waals surface area contributed by atoms with Crippen molar-refractivity contribution < 1.29 is 4.55 Å². The highest BCUT2D eigenvalue weighted by molar-refractivity contribution is 7.96. The molecule has 1 aliphatic heterocycles. The highest BCUT2D eigenvalue weighted by atomic mass is 32.2. The van der Waals surface area contributed by atoms with Crippen LogP contribution in [0.1, 0.15) is 33.6 Å². The van der Waals surface area contributed by atoms with E-state index in [1.807, 2.05) is 45.1 Å². The summed E-state index contributed by atoms with van der Waals surface area (Å²) < 4.78 is 12.8. The predicted octanol–water partition coefficient (Wildman–Crippen LogP) is 2.82. The van der Waals surface area contributed by atoms with Gasteiger partial charge in [-0.1, -0.05) is 24.4 Å². The predicted molar refractivity (Wildman–Crippen MR) is 82.3 cm³/mol. The van der Waals surface area contributed by atoms with E-state index in [-0.39, 0.29) is 4.75 Å². The maximum absolute atomic E-state index is 13.0. The fraction of sp³-hybridized carbons (Fsp3) is 0.643. The van der Waals surface area contributed by atoms with Crippen LogP contribution in [0.15, 0.2) is 24.3 Å². The summed E-state index contributed by atoms with van der Waals surface area (Å²) in [6, 6.07) is 0. The zero-order valence-electron chi connectivity index (χ0n) is 11.3. The normalized spacial score (nSPS) is 31.0. The van der Waals surface area contributed by atoms with Crippen molar-refractivity contribution in [3.63, 3.8) is 0 Å². The van der Waals surface area contributed by atoms with Crippen LogP contribution >= 0.6 is 12.2 Å². The van der Waals surface area contributed by atoms with Crippen LogP contribution in [0, 0.1) is 0 Å². The molecule has 1 fully saturated rings. The fourth-order valence-electron chi connectivity index (χ4n) is 2.58. The second-order valence-electron chi connectivity index (χ2n) is 5.85. The SMILES string of the molecule is CC(C)(C)[S@+]([O-])[C@]1(N2CCCC2)C=CC=CC1=S. The van der Waals surface area contributed by atoms with Gasteiger partial charge in [0.1, 0.15) is 4.75 Å². The maximum Gasteiger partial charge on any atom is 0.235 e. The first-order valence-electron chi connectivity index (χ1n) is 6.46. The lowest BCUT2D eigenvalue weighted by atomic mass is 10.1. The number of hydrogen-bond acceptors (Lipinski definition) is 3. The summed E-state index contributed by atoms with van der Waals surface area (Å²) in [6.45, 7) is 8.04. The Kier molecular flexibility index (Phi) is 4.02. The van der Waals surface area contributed by atoms with Gasteiger partial charge in [-0.25, -0.2) is 4.90 Å². The number of thiocarbonyl (C=S) groups is 1. The maximum atomic E-state index is 13.0. The Balaban J connectivity index is 2.43. The van der Waals surface area contributed by atoms with Crippen molar-refractivity contribution in [2.75, 3.05) is 13.1 Å². The molecule has 2 nitrogen and oxygen atoms in total. The fourth-order valence-corrected chi connectivity index (χ4v) is 4.88. The van der Waals surface area contributed by atoms with E-state index in [4.69, 9.17) is 12.2 Å². The molecule has 100 valence electrons. The van der Waals surface area contributed by atoms with Gasteiger partial charge in [-0.2, -0.15) is 0 Å². The van der Waals surface area contributed by atoms with Crippen molar-refractivity contribution in [1.82, 2.24) is 4.90 Å². The van der Waals surface area contributed by atoms with Crippen LogP contribution in [0.2, 0.25) is 0 Å². The smallest absolute Gasteiger partial charge is 0.235 e. The van der Waals surface area contributed by atoms with Gasteiger partial charge in [-0.15, -0.1) is 0 Å². The Bertz CT molecular complexity index is 391. The van der Waals surface area contributed by atoms with Crippen LogP contribution < -0.4 is 0 Å².